The van der Waals surface area contributed by atoms with Crippen LogP contribution in [0, 0.1) is 5.82 Å². The van der Waals surface area contributed by atoms with Crippen molar-refractivity contribution in [3.05, 3.63) is 41.6 Å². The van der Waals surface area contributed by atoms with Gasteiger partial charge < -0.3 is 4.57 Å². The van der Waals surface area contributed by atoms with Crippen molar-refractivity contribution in [2.24, 2.45) is 7.05 Å². The van der Waals surface area contributed by atoms with Crippen LogP contribution in [0.5, 0.6) is 0 Å². The van der Waals surface area contributed by atoms with Crippen LogP contribution in [0.25, 0.3) is 11.3 Å². The van der Waals surface area contributed by atoms with Gasteiger partial charge in [-0.2, -0.15) is 0 Å². The summed E-state index contributed by atoms with van der Waals surface area (Å²) >= 11 is 5.66. The Kier molecular flexibility index (Phi) is 2.25. The van der Waals surface area contributed by atoms with E-state index in [-0.39, 0.29) is 5.02 Å². The second-order valence-corrected chi connectivity index (χ2v) is 3.46. The van der Waals surface area contributed by atoms with E-state index < -0.39 is 5.82 Å². The van der Waals surface area contributed by atoms with Crippen molar-refractivity contribution >= 4 is 11.6 Å². The minimum atomic E-state index is -0.411. The Balaban J connectivity index is 2.47. The van der Waals surface area contributed by atoms with E-state index in [0.717, 1.165) is 11.3 Å². The molecule has 0 fully saturated rings. The highest BCUT2D eigenvalue weighted by Crippen LogP contribution is 2.23. The Hall–Kier alpha value is -1.35. The van der Waals surface area contributed by atoms with Gasteiger partial charge in [0, 0.05) is 18.8 Å². The van der Waals surface area contributed by atoms with Crippen molar-refractivity contribution in [3.8, 4) is 11.3 Å². The summed E-state index contributed by atoms with van der Waals surface area (Å²) < 4.78 is 14.7. The monoisotopic (exact) mass is 210 g/mol. The molecular formula is C10H8ClFN2. The summed E-state index contributed by atoms with van der Waals surface area (Å²) in [4.78, 5) is 4.14. The smallest absolute Gasteiger partial charge is 0.141 e. The number of halogens is 2. The lowest BCUT2D eigenvalue weighted by atomic mass is 10.2. The summed E-state index contributed by atoms with van der Waals surface area (Å²) in [6.45, 7) is 0. The van der Waals surface area contributed by atoms with Gasteiger partial charge in [-0.05, 0) is 18.2 Å². The highest BCUT2D eigenvalue weighted by molar-refractivity contribution is 6.31. The molecule has 0 amide bonds. The molecule has 1 heterocycles. The van der Waals surface area contributed by atoms with Crippen molar-refractivity contribution in [1.82, 2.24) is 9.55 Å². The lowest BCUT2D eigenvalue weighted by Gasteiger charge is -1.98. The second-order valence-electron chi connectivity index (χ2n) is 3.05. The fraction of sp³-hybridized carbons (Fsp3) is 0.100. The standard InChI is InChI=1S/C10H8ClFN2/c1-14-5-10(13-6-14)7-2-3-9(12)8(11)4-7/h2-6H,1H3. The lowest BCUT2D eigenvalue weighted by Crippen LogP contribution is -1.81. The van der Waals surface area contributed by atoms with Crippen LogP contribution in [0.1, 0.15) is 0 Å². The quantitative estimate of drug-likeness (QED) is 0.708. The first kappa shape index (κ1) is 9.21. The SMILES string of the molecule is Cn1cnc(-c2ccc(F)c(Cl)c2)c1. The molecule has 14 heavy (non-hydrogen) atoms. The molecule has 0 saturated carbocycles. The minimum absolute atomic E-state index is 0.119. The molecule has 0 aliphatic rings. The Morgan fingerprint density at radius 3 is 2.79 bits per heavy atom. The van der Waals surface area contributed by atoms with E-state index in [2.05, 4.69) is 4.98 Å². The number of benzene rings is 1. The van der Waals surface area contributed by atoms with Gasteiger partial charge in [0.1, 0.15) is 5.82 Å². The van der Waals surface area contributed by atoms with E-state index in [4.69, 9.17) is 11.6 Å². The van der Waals surface area contributed by atoms with E-state index in [0.29, 0.717) is 0 Å². The van der Waals surface area contributed by atoms with Crippen molar-refractivity contribution < 1.29 is 4.39 Å². The van der Waals surface area contributed by atoms with Crippen LogP contribution in [0.4, 0.5) is 4.39 Å². The Morgan fingerprint density at radius 1 is 1.43 bits per heavy atom. The molecule has 0 bridgehead atoms. The predicted molar refractivity (Wildman–Crippen MR) is 53.6 cm³/mol. The second kappa shape index (κ2) is 3.42. The zero-order chi connectivity index (χ0) is 10.1. The van der Waals surface area contributed by atoms with E-state index in [9.17, 15) is 4.39 Å². The third-order valence-electron chi connectivity index (χ3n) is 1.92. The number of aryl methyl sites for hydroxylation is 1. The molecular weight excluding hydrogens is 203 g/mol. The maximum absolute atomic E-state index is 12.9. The summed E-state index contributed by atoms with van der Waals surface area (Å²) in [7, 11) is 1.88. The van der Waals surface area contributed by atoms with E-state index in [1.807, 2.05) is 17.8 Å². The minimum Gasteiger partial charge on any atom is -0.340 e. The Morgan fingerprint density at radius 2 is 2.21 bits per heavy atom. The average Bonchev–Trinajstić information content (AvgIpc) is 2.57. The summed E-state index contributed by atoms with van der Waals surface area (Å²) in [5, 5.41) is 0.119. The van der Waals surface area contributed by atoms with Crippen LogP contribution in [-0.4, -0.2) is 9.55 Å². The van der Waals surface area contributed by atoms with E-state index in [1.165, 1.54) is 6.07 Å². The van der Waals surface area contributed by atoms with Gasteiger partial charge in [0.05, 0.1) is 17.0 Å². The summed E-state index contributed by atoms with van der Waals surface area (Å²) in [5.74, 6) is -0.411. The molecule has 2 rings (SSSR count). The van der Waals surface area contributed by atoms with Crippen molar-refractivity contribution in [2.75, 3.05) is 0 Å². The number of rotatable bonds is 1. The highest BCUT2D eigenvalue weighted by Gasteiger charge is 2.04. The number of hydrogen-bond acceptors (Lipinski definition) is 1. The normalized spacial score (nSPS) is 10.5. The molecule has 1 aromatic carbocycles. The number of imidazole rings is 1. The maximum atomic E-state index is 12.9. The van der Waals surface area contributed by atoms with Crippen LogP contribution in [-0.2, 0) is 7.05 Å². The largest absolute Gasteiger partial charge is 0.340 e. The van der Waals surface area contributed by atoms with Crippen LogP contribution in [0.2, 0.25) is 5.02 Å². The molecule has 2 aromatic rings. The van der Waals surface area contributed by atoms with Crippen LogP contribution < -0.4 is 0 Å². The number of nitrogens with zero attached hydrogens (tertiary/aromatic N) is 2. The lowest BCUT2D eigenvalue weighted by molar-refractivity contribution is 0.628. The third kappa shape index (κ3) is 1.63. The molecule has 4 heteroatoms. The fourth-order valence-corrected chi connectivity index (χ4v) is 1.40. The van der Waals surface area contributed by atoms with Crippen LogP contribution in [0.15, 0.2) is 30.7 Å². The molecule has 0 saturated heterocycles. The summed E-state index contributed by atoms with van der Waals surface area (Å²) in [6.07, 6.45) is 3.54. The molecule has 0 spiro atoms. The molecule has 1 aromatic heterocycles. The summed E-state index contributed by atoms with van der Waals surface area (Å²) in [6, 6.07) is 4.56. The van der Waals surface area contributed by atoms with Crippen molar-refractivity contribution in [2.45, 2.75) is 0 Å². The maximum Gasteiger partial charge on any atom is 0.141 e. The molecule has 0 radical (unpaired) electrons. The van der Waals surface area contributed by atoms with Gasteiger partial charge in [0.2, 0.25) is 0 Å². The molecule has 0 aliphatic heterocycles. The average molecular weight is 211 g/mol. The topological polar surface area (TPSA) is 17.8 Å². The van der Waals surface area contributed by atoms with Gasteiger partial charge >= 0.3 is 0 Å². The van der Waals surface area contributed by atoms with Gasteiger partial charge in [-0.1, -0.05) is 11.6 Å². The highest BCUT2D eigenvalue weighted by atomic mass is 35.5. The molecule has 2 nitrogen and oxygen atoms in total. The predicted octanol–water partition coefficient (Wildman–Crippen LogP) is 2.88. The Bertz CT molecular complexity index is 465. The first-order valence-electron chi connectivity index (χ1n) is 4.10. The van der Waals surface area contributed by atoms with Crippen LogP contribution >= 0.6 is 11.6 Å². The zero-order valence-corrected chi connectivity index (χ0v) is 8.29. The third-order valence-corrected chi connectivity index (χ3v) is 2.21. The molecule has 72 valence electrons. The zero-order valence-electron chi connectivity index (χ0n) is 7.54. The number of aromatic nitrogens is 2. The summed E-state index contributed by atoms with van der Waals surface area (Å²) in [5.41, 5.74) is 1.60. The van der Waals surface area contributed by atoms with Gasteiger partial charge in [0.15, 0.2) is 0 Å². The number of hydrogen-bond donors (Lipinski definition) is 0. The van der Waals surface area contributed by atoms with Gasteiger partial charge in [-0.25, -0.2) is 9.37 Å². The Labute approximate surface area is 86.0 Å². The van der Waals surface area contributed by atoms with E-state index in [1.54, 1.807) is 18.5 Å². The fourth-order valence-electron chi connectivity index (χ4n) is 1.22. The molecule has 0 aliphatic carbocycles. The molecule has 0 N–H and O–H groups in total. The van der Waals surface area contributed by atoms with Crippen molar-refractivity contribution in [1.29, 1.82) is 0 Å². The first-order chi connectivity index (χ1) is 6.66. The van der Waals surface area contributed by atoms with Gasteiger partial charge in [-0.15, -0.1) is 0 Å². The van der Waals surface area contributed by atoms with Gasteiger partial charge in [-0.3, -0.25) is 0 Å². The molecule has 0 unspecified atom stereocenters. The van der Waals surface area contributed by atoms with Crippen LogP contribution in [0.3, 0.4) is 0 Å². The van der Waals surface area contributed by atoms with Crippen molar-refractivity contribution in [3.63, 3.8) is 0 Å². The molecule has 0 atom stereocenters. The first-order valence-corrected chi connectivity index (χ1v) is 4.48. The van der Waals surface area contributed by atoms with E-state index >= 15 is 0 Å². The van der Waals surface area contributed by atoms with Gasteiger partial charge in [0.25, 0.3) is 0 Å².